The average molecular weight is 381 g/mol. The van der Waals surface area contributed by atoms with E-state index < -0.39 is 0 Å². The van der Waals surface area contributed by atoms with Crippen LogP contribution in [0.4, 0.5) is 0 Å². The third kappa shape index (κ3) is 2.91. The molecule has 0 N–H and O–H groups in total. The van der Waals surface area contributed by atoms with Gasteiger partial charge in [0, 0.05) is 48.5 Å². The molecule has 2 bridgehead atoms. The Balaban J connectivity index is 1.52. The van der Waals surface area contributed by atoms with E-state index in [9.17, 15) is 4.79 Å². The first kappa shape index (κ1) is 16.8. The van der Waals surface area contributed by atoms with E-state index in [-0.39, 0.29) is 0 Å². The van der Waals surface area contributed by atoms with Crippen molar-refractivity contribution in [2.24, 2.45) is 0 Å². The lowest BCUT2D eigenvalue weighted by atomic mass is 10.1. The minimum absolute atomic E-state index is 0.347. The highest BCUT2D eigenvalue weighted by molar-refractivity contribution is 6.30. The van der Waals surface area contributed by atoms with Gasteiger partial charge < -0.3 is 9.30 Å². The summed E-state index contributed by atoms with van der Waals surface area (Å²) in [5.41, 5.74) is 4.22. The van der Waals surface area contributed by atoms with Crippen LogP contribution in [0.15, 0.2) is 48.7 Å². The van der Waals surface area contributed by atoms with Crippen molar-refractivity contribution in [2.45, 2.75) is 31.5 Å². The molecule has 0 spiro atoms. The first-order chi connectivity index (χ1) is 13.2. The maximum Gasteiger partial charge on any atom is 0.210 e. The highest BCUT2D eigenvalue weighted by Gasteiger charge is 2.39. The molecular formula is C21H21ClN4O. The number of amides is 1. The molecule has 5 nitrogen and oxygen atoms in total. The molecule has 1 aromatic carbocycles. The van der Waals surface area contributed by atoms with Crippen molar-refractivity contribution in [1.82, 2.24) is 19.2 Å². The van der Waals surface area contributed by atoms with Gasteiger partial charge in [-0.25, -0.2) is 4.98 Å². The molecule has 0 saturated carbocycles. The van der Waals surface area contributed by atoms with Gasteiger partial charge in [-0.3, -0.25) is 9.69 Å². The summed E-state index contributed by atoms with van der Waals surface area (Å²) in [5, 5.41) is 0.727. The van der Waals surface area contributed by atoms with Gasteiger partial charge in [0.25, 0.3) is 0 Å². The quantitative estimate of drug-likeness (QED) is 0.651. The second-order valence-electron chi connectivity index (χ2n) is 7.47. The molecule has 2 aliphatic rings. The Bertz CT molecular complexity index is 970. The Morgan fingerprint density at radius 3 is 2.52 bits per heavy atom. The van der Waals surface area contributed by atoms with Crippen molar-refractivity contribution in [3.05, 3.63) is 59.4 Å². The summed E-state index contributed by atoms with van der Waals surface area (Å²) in [7, 11) is 0. The van der Waals surface area contributed by atoms with Gasteiger partial charge in [0.2, 0.25) is 6.41 Å². The molecular weight excluding hydrogens is 360 g/mol. The van der Waals surface area contributed by atoms with E-state index >= 15 is 0 Å². The highest BCUT2D eigenvalue weighted by Crippen LogP contribution is 2.32. The number of nitrogens with zero attached hydrogens (tertiary/aromatic N) is 4. The second kappa shape index (κ2) is 6.66. The number of fused-ring (bicyclic) bond motifs is 3. The van der Waals surface area contributed by atoms with Crippen LogP contribution in [-0.2, 0) is 11.3 Å². The topological polar surface area (TPSA) is 40.9 Å². The lowest BCUT2D eigenvalue weighted by molar-refractivity contribution is -0.123. The van der Waals surface area contributed by atoms with E-state index in [0.717, 1.165) is 60.8 Å². The predicted octanol–water partition coefficient (Wildman–Crippen LogP) is 3.46. The summed E-state index contributed by atoms with van der Waals surface area (Å²) in [6.45, 7) is 2.67. The smallest absolute Gasteiger partial charge is 0.210 e. The molecule has 0 radical (unpaired) electrons. The molecule has 4 heterocycles. The van der Waals surface area contributed by atoms with Gasteiger partial charge in [-0.05, 0) is 37.1 Å². The summed E-state index contributed by atoms with van der Waals surface area (Å²) in [6.07, 6.45) is 5.33. The van der Waals surface area contributed by atoms with Crippen molar-refractivity contribution in [1.29, 1.82) is 0 Å². The zero-order valence-electron chi connectivity index (χ0n) is 15.0. The third-order valence-electron chi connectivity index (χ3n) is 5.86. The number of hydrogen-bond acceptors (Lipinski definition) is 3. The molecule has 27 heavy (non-hydrogen) atoms. The minimum Gasteiger partial charge on any atom is -0.337 e. The molecule has 138 valence electrons. The molecule has 2 atom stereocenters. The van der Waals surface area contributed by atoms with Crippen LogP contribution in [-0.4, -0.2) is 50.8 Å². The molecule has 2 saturated heterocycles. The summed E-state index contributed by atoms with van der Waals surface area (Å²) in [6, 6.07) is 14.7. The lowest BCUT2D eigenvalue weighted by Crippen LogP contribution is -2.52. The molecule has 5 rings (SSSR count). The molecule has 1 amide bonds. The Kier molecular flexibility index (Phi) is 4.14. The van der Waals surface area contributed by atoms with E-state index in [0.29, 0.717) is 12.1 Å². The van der Waals surface area contributed by atoms with E-state index in [4.69, 9.17) is 16.6 Å². The Hall–Kier alpha value is -2.37. The molecule has 6 heteroatoms. The number of carbonyl (C=O) groups excluding carboxylic acids is 1. The van der Waals surface area contributed by atoms with E-state index in [1.165, 1.54) is 5.69 Å². The first-order valence-electron chi connectivity index (χ1n) is 9.40. The Morgan fingerprint density at radius 2 is 1.81 bits per heavy atom. The lowest BCUT2D eigenvalue weighted by Gasteiger charge is -2.39. The van der Waals surface area contributed by atoms with Crippen LogP contribution >= 0.6 is 11.6 Å². The molecule has 2 unspecified atom stereocenters. The number of imidazole rings is 1. The van der Waals surface area contributed by atoms with Crippen LogP contribution in [0.25, 0.3) is 16.9 Å². The average Bonchev–Trinajstić information content (AvgIpc) is 3.17. The zero-order valence-corrected chi connectivity index (χ0v) is 15.7. The van der Waals surface area contributed by atoms with Gasteiger partial charge in [-0.1, -0.05) is 29.8 Å². The number of hydrogen-bond donors (Lipinski definition) is 0. The van der Waals surface area contributed by atoms with Crippen LogP contribution in [0.2, 0.25) is 5.02 Å². The van der Waals surface area contributed by atoms with Crippen molar-refractivity contribution in [3.8, 4) is 11.3 Å². The van der Waals surface area contributed by atoms with Crippen molar-refractivity contribution >= 4 is 23.7 Å². The fraction of sp³-hybridized carbons (Fsp3) is 0.333. The summed E-state index contributed by atoms with van der Waals surface area (Å²) in [5.74, 6) is 0. The fourth-order valence-electron chi connectivity index (χ4n) is 4.57. The number of aromatic nitrogens is 2. The molecule has 2 fully saturated rings. The second-order valence-corrected chi connectivity index (χ2v) is 7.91. The van der Waals surface area contributed by atoms with Gasteiger partial charge in [0.05, 0.1) is 11.4 Å². The van der Waals surface area contributed by atoms with Crippen LogP contribution in [0.1, 0.15) is 18.5 Å². The van der Waals surface area contributed by atoms with Crippen LogP contribution in [0, 0.1) is 0 Å². The summed E-state index contributed by atoms with van der Waals surface area (Å²) >= 11 is 6.07. The van der Waals surface area contributed by atoms with Gasteiger partial charge in [0.1, 0.15) is 5.65 Å². The van der Waals surface area contributed by atoms with E-state index in [2.05, 4.69) is 15.5 Å². The van der Waals surface area contributed by atoms with Crippen LogP contribution in [0.5, 0.6) is 0 Å². The summed E-state index contributed by atoms with van der Waals surface area (Å²) < 4.78 is 2.18. The number of piperazine rings is 1. The molecule has 2 aromatic heterocycles. The van der Waals surface area contributed by atoms with Crippen molar-refractivity contribution in [2.75, 3.05) is 13.1 Å². The maximum absolute atomic E-state index is 11.4. The number of halogens is 1. The number of pyridine rings is 1. The van der Waals surface area contributed by atoms with E-state index in [1.54, 1.807) is 0 Å². The summed E-state index contributed by atoms with van der Waals surface area (Å²) in [4.78, 5) is 20.7. The highest BCUT2D eigenvalue weighted by atomic mass is 35.5. The van der Waals surface area contributed by atoms with E-state index in [1.807, 2.05) is 47.4 Å². The van der Waals surface area contributed by atoms with Gasteiger partial charge in [0.15, 0.2) is 0 Å². The standard InChI is InChI=1S/C21H21ClN4O/c22-16-6-4-15(5-7-16)21-19(25-10-2-1-3-20(25)23-21)13-24-11-17-8-9-18(12-24)26(17)14-27/h1-7,10,14,17-18H,8-9,11-13H2. The molecule has 2 aliphatic heterocycles. The van der Waals surface area contributed by atoms with Gasteiger partial charge >= 0.3 is 0 Å². The molecule has 0 aliphatic carbocycles. The number of rotatable bonds is 4. The third-order valence-corrected chi connectivity index (χ3v) is 6.11. The van der Waals surface area contributed by atoms with Crippen LogP contribution < -0.4 is 0 Å². The van der Waals surface area contributed by atoms with Gasteiger partial charge in [-0.15, -0.1) is 0 Å². The van der Waals surface area contributed by atoms with Crippen molar-refractivity contribution < 1.29 is 4.79 Å². The van der Waals surface area contributed by atoms with Crippen molar-refractivity contribution in [3.63, 3.8) is 0 Å². The maximum atomic E-state index is 11.4. The zero-order chi connectivity index (χ0) is 18.4. The first-order valence-corrected chi connectivity index (χ1v) is 9.78. The monoisotopic (exact) mass is 380 g/mol. The largest absolute Gasteiger partial charge is 0.337 e. The normalized spacial score (nSPS) is 22.5. The Labute approximate surface area is 163 Å². The van der Waals surface area contributed by atoms with Crippen LogP contribution in [0.3, 0.4) is 0 Å². The minimum atomic E-state index is 0.347. The fourth-order valence-corrected chi connectivity index (χ4v) is 4.70. The predicted molar refractivity (Wildman–Crippen MR) is 106 cm³/mol. The Morgan fingerprint density at radius 1 is 1.07 bits per heavy atom. The van der Waals surface area contributed by atoms with Gasteiger partial charge in [-0.2, -0.15) is 0 Å². The SMILES string of the molecule is O=CN1C2CCC1CN(Cc1c(-c3ccc(Cl)cc3)nc3ccccn13)C2. The number of benzene rings is 1. The number of likely N-dealkylation sites (tertiary alicyclic amines) is 1. The molecule has 3 aromatic rings. The number of carbonyl (C=O) groups is 1.